The van der Waals surface area contributed by atoms with Crippen LogP contribution in [0.4, 0.5) is 4.39 Å². The molecule has 0 radical (unpaired) electrons. The van der Waals surface area contributed by atoms with E-state index in [1.165, 1.54) is 25.3 Å². The predicted octanol–water partition coefficient (Wildman–Crippen LogP) is 2.68. The van der Waals surface area contributed by atoms with Gasteiger partial charge in [-0.1, -0.05) is 17.3 Å². The molecule has 3 nitrogen and oxygen atoms in total. The molecule has 1 aromatic heterocycles. The second-order valence-corrected chi connectivity index (χ2v) is 3.14. The Bertz CT molecular complexity index is 488. The van der Waals surface area contributed by atoms with Crippen LogP contribution in [0.2, 0.25) is 0 Å². The molecule has 0 aliphatic rings. The van der Waals surface area contributed by atoms with Crippen molar-refractivity contribution in [1.82, 2.24) is 5.16 Å². The van der Waals surface area contributed by atoms with Gasteiger partial charge in [0, 0.05) is 6.92 Å². The summed E-state index contributed by atoms with van der Waals surface area (Å²) in [6.07, 6.45) is 1.38. The van der Waals surface area contributed by atoms with Gasteiger partial charge in [0.05, 0.1) is 5.56 Å². The van der Waals surface area contributed by atoms with Crippen molar-refractivity contribution in [2.75, 3.05) is 0 Å². The fourth-order valence-electron chi connectivity index (χ4n) is 1.32. The van der Waals surface area contributed by atoms with Crippen molar-refractivity contribution in [2.45, 2.75) is 6.92 Å². The Morgan fingerprint density at radius 3 is 2.60 bits per heavy atom. The lowest BCUT2D eigenvalue weighted by Gasteiger charge is -1.97. The van der Waals surface area contributed by atoms with Crippen LogP contribution in [0.1, 0.15) is 17.4 Å². The van der Waals surface area contributed by atoms with Crippen molar-refractivity contribution in [1.29, 1.82) is 0 Å². The van der Waals surface area contributed by atoms with Crippen molar-refractivity contribution >= 4 is 5.78 Å². The highest BCUT2D eigenvalue weighted by molar-refractivity contribution is 5.98. The smallest absolute Gasteiger partial charge is 0.182 e. The Kier molecular flexibility index (Phi) is 2.33. The van der Waals surface area contributed by atoms with Gasteiger partial charge in [0.2, 0.25) is 0 Å². The van der Waals surface area contributed by atoms with Crippen LogP contribution in [-0.2, 0) is 0 Å². The Balaban J connectivity index is 2.49. The van der Waals surface area contributed by atoms with Gasteiger partial charge >= 0.3 is 0 Å². The van der Waals surface area contributed by atoms with Crippen LogP contribution in [0.15, 0.2) is 35.1 Å². The van der Waals surface area contributed by atoms with Crippen molar-refractivity contribution in [3.05, 3.63) is 42.0 Å². The summed E-state index contributed by atoms with van der Waals surface area (Å²) < 4.78 is 17.4. The van der Waals surface area contributed by atoms with E-state index in [4.69, 9.17) is 4.52 Å². The lowest BCUT2D eigenvalue weighted by atomic mass is 10.1. The van der Waals surface area contributed by atoms with Crippen molar-refractivity contribution in [2.24, 2.45) is 0 Å². The van der Waals surface area contributed by atoms with Crippen molar-refractivity contribution < 1.29 is 13.7 Å². The number of rotatable bonds is 2. The molecule has 76 valence electrons. The molecule has 0 saturated heterocycles. The van der Waals surface area contributed by atoms with Gasteiger partial charge in [0.1, 0.15) is 12.1 Å². The summed E-state index contributed by atoms with van der Waals surface area (Å²) in [6.45, 7) is 1.41. The number of hydrogen-bond acceptors (Lipinski definition) is 3. The topological polar surface area (TPSA) is 43.1 Å². The molecule has 2 aromatic rings. The molecule has 1 heterocycles. The zero-order chi connectivity index (χ0) is 10.8. The predicted molar refractivity (Wildman–Crippen MR) is 51.9 cm³/mol. The average molecular weight is 205 g/mol. The first-order valence-electron chi connectivity index (χ1n) is 4.40. The van der Waals surface area contributed by atoms with E-state index in [2.05, 4.69) is 5.16 Å². The molecule has 0 bridgehead atoms. The molecule has 2 rings (SSSR count). The Labute approximate surface area is 85.5 Å². The van der Waals surface area contributed by atoms with Gasteiger partial charge in [-0.15, -0.1) is 0 Å². The highest BCUT2D eigenvalue weighted by Crippen LogP contribution is 2.23. The molecule has 1 aromatic carbocycles. The summed E-state index contributed by atoms with van der Waals surface area (Å²) in [5.74, 6) is -0.498. The summed E-state index contributed by atoms with van der Waals surface area (Å²) in [5, 5.41) is 3.60. The van der Waals surface area contributed by atoms with Gasteiger partial charge in [-0.3, -0.25) is 4.79 Å². The minimum atomic E-state index is -0.320. The first-order chi connectivity index (χ1) is 7.18. The maximum Gasteiger partial charge on any atom is 0.182 e. The molecule has 0 aliphatic carbocycles. The highest BCUT2D eigenvalue weighted by atomic mass is 19.1. The first kappa shape index (κ1) is 9.58. The number of Topliss-reactive ketones (excluding diaryl/α,β-unsaturated/α-hetero) is 1. The molecule has 4 heteroatoms. The number of benzene rings is 1. The fourth-order valence-corrected chi connectivity index (χ4v) is 1.32. The average Bonchev–Trinajstić information content (AvgIpc) is 2.67. The molecule has 0 fully saturated rings. The Hall–Kier alpha value is -1.97. The fraction of sp³-hybridized carbons (Fsp3) is 0.0909. The second kappa shape index (κ2) is 3.65. The quantitative estimate of drug-likeness (QED) is 0.708. The number of hydrogen-bond donors (Lipinski definition) is 0. The third kappa shape index (κ3) is 1.79. The normalized spacial score (nSPS) is 10.3. The number of carbonyl (C=O) groups excluding carboxylic acids is 1. The van der Waals surface area contributed by atoms with Crippen LogP contribution in [0.25, 0.3) is 11.1 Å². The van der Waals surface area contributed by atoms with Crippen LogP contribution < -0.4 is 0 Å². The molecule has 0 saturated carbocycles. The van der Waals surface area contributed by atoms with Crippen LogP contribution in [-0.4, -0.2) is 10.9 Å². The third-order valence-corrected chi connectivity index (χ3v) is 2.06. The van der Waals surface area contributed by atoms with E-state index in [1.807, 2.05) is 0 Å². The summed E-state index contributed by atoms with van der Waals surface area (Å²) in [5.41, 5.74) is 1.56. The van der Waals surface area contributed by atoms with E-state index in [1.54, 1.807) is 12.1 Å². The van der Waals surface area contributed by atoms with E-state index in [9.17, 15) is 9.18 Å². The number of ketones is 1. The van der Waals surface area contributed by atoms with Crippen LogP contribution in [0.5, 0.6) is 0 Å². The summed E-state index contributed by atoms with van der Waals surface area (Å²) >= 11 is 0. The number of halogens is 1. The second-order valence-electron chi connectivity index (χ2n) is 3.14. The molecular formula is C11H8FNO2. The highest BCUT2D eigenvalue weighted by Gasteiger charge is 2.13. The molecular weight excluding hydrogens is 197 g/mol. The Morgan fingerprint density at radius 1 is 1.33 bits per heavy atom. The minimum absolute atomic E-state index is 0.178. The van der Waals surface area contributed by atoms with Crippen LogP contribution >= 0.6 is 0 Å². The van der Waals surface area contributed by atoms with E-state index >= 15 is 0 Å². The summed E-state index contributed by atoms with van der Waals surface area (Å²) in [7, 11) is 0. The van der Waals surface area contributed by atoms with E-state index in [0.29, 0.717) is 11.1 Å². The minimum Gasteiger partial charge on any atom is -0.363 e. The molecule has 0 atom stereocenters. The maximum absolute atomic E-state index is 12.7. The molecule has 0 spiro atoms. The maximum atomic E-state index is 12.7. The number of nitrogens with zero attached hydrogens (tertiary/aromatic N) is 1. The zero-order valence-corrected chi connectivity index (χ0v) is 8.03. The van der Waals surface area contributed by atoms with E-state index in [-0.39, 0.29) is 17.3 Å². The van der Waals surface area contributed by atoms with Gasteiger partial charge in [0.15, 0.2) is 11.5 Å². The first-order valence-corrected chi connectivity index (χ1v) is 4.40. The summed E-state index contributed by atoms with van der Waals surface area (Å²) in [4.78, 5) is 11.2. The van der Waals surface area contributed by atoms with Crippen molar-refractivity contribution in [3.8, 4) is 11.1 Å². The monoisotopic (exact) mass is 205 g/mol. The van der Waals surface area contributed by atoms with E-state index < -0.39 is 0 Å². The van der Waals surface area contributed by atoms with Crippen LogP contribution in [0, 0.1) is 5.82 Å². The third-order valence-electron chi connectivity index (χ3n) is 2.06. The lowest BCUT2D eigenvalue weighted by Crippen LogP contribution is -1.94. The zero-order valence-electron chi connectivity index (χ0n) is 8.03. The van der Waals surface area contributed by atoms with Gasteiger partial charge in [-0.25, -0.2) is 4.39 Å². The SMILES string of the molecule is CC(=O)c1nocc1-c1ccc(F)cc1. The van der Waals surface area contributed by atoms with Crippen molar-refractivity contribution in [3.63, 3.8) is 0 Å². The summed E-state index contributed by atoms with van der Waals surface area (Å²) in [6, 6.07) is 5.81. The Morgan fingerprint density at radius 2 is 2.00 bits per heavy atom. The number of aromatic nitrogens is 1. The van der Waals surface area contributed by atoms with E-state index in [0.717, 1.165) is 0 Å². The van der Waals surface area contributed by atoms with Gasteiger partial charge in [-0.05, 0) is 17.7 Å². The van der Waals surface area contributed by atoms with Gasteiger partial charge in [-0.2, -0.15) is 0 Å². The molecule has 0 N–H and O–H groups in total. The van der Waals surface area contributed by atoms with Crippen LogP contribution in [0.3, 0.4) is 0 Å². The number of carbonyl (C=O) groups is 1. The molecule has 0 aliphatic heterocycles. The molecule has 15 heavy (non-hydrogen) atoms. The molecule has 0 amide bonds. The largest absolute Gasteiger partial charge is 0.363 e. The molecule has 0 unspecified atom stereocenters. The van der Waals surface area contributed by atoms with Gasteiger partial charge < -0.3 is 4.52 Å². The standard InChI is InChI=1S/C11H8FNO2/c1-7(14)11-10(6-15-13-11)8-2-4-9(12)5-3-8/h2-6H,1H3. The van der Waals surface area contributed by atoms with Gasteiger partial charge in [0.25, 0.3) is 0 Å². The lowest BCUT2D eigenvalue weighted by molar-refractivity contribution is 0.101.